The van der Waals surface area contributed by atoms with Gasteiger partial charge in [0.15, 0.2) is 0 Å². The summed E-state index contributed by atoms with van der Waals surface area (Å²) < 4.78 is 38.6. The molecule has 73 heavy (non-hydrogen) atoms. The van der Waals surface area contributed by atoms with Crippen LogP contribution in [0.15, 0.2) is 102 Å². The van der Waals surface area contributed by atoms with E-state index >= 15 is 0 Å². The monoisotopic (exact) mass is 1030 g/mol. The van der Waals surface area contributed by atoms with Gasteiger partial charge in [0, 0.05) is 59.4 Å². The second-order valence-electron chi connectivity index (χ2n) is 17.6. The lowest BCUT2D eigenvalue weighted by Gasteiger charge is -2.84. The van der Waals surface area contributed by atoms with Gasteiger partial charge in [-0.25, -0.2) is 9.73 Å². The van der Waals surface area contributed by atoms with E-state index in [9.17, 15) is 0 Å². The third-order valence-electron chi connectivity index (χ3n) is 12.5. The van der Waals surface area contributed by atoms with Gasteiger partial charge in [-0.3, -0.25) is 19.2 Å². The van der Waals surface area contributed by atoms with Crippen LogP contribution in [-0.4, -0.2) is 164 Å². The predicted molar refractivity (Wildman–Crippen MR) is 308 cm³/mol. The Morgan fingerprint density at radius 3 is 1.49 bits per heavy atom. The van der Waals surface area contributed by atoms with Crippen LogP contribution >= 0.6 is 9.41 Å². The number of nitrogens with zero attached hydrogens (tertiary/aromatic N) is 5. The van der Waals surface area contributed by atoms with Crippen molar-refractivity contribution in [2.24, 2.45) is 10.9 Å². The molecule has 0 amide bonds. The fourth-order valence-electron chi connectivity index (χ4n) is 7.33. The Hall–Kier alpha value is -4.41. The highest BCUT2D eigenvalue weighted by Crippen LogP contribution is 2.82. The summed E-state index contributed by atoms with van der Waals surface area (Å²) in [5, 5.41) is 15.3. The molecule has 6 N–H and O–H groups in total. The maximum atomic E-state index is 6.96. The van der Waals surface area contributed by atoms with Crippen LogP contribution in [0.4, 0.5) is 0 Å². The van der Waals surface area contributed by atoms with Crippen LogP contribution < -0.4 is 31.4 Å². The Labute approximate surface area is 439 Å². The Balaban J connectivity index is 0.000000522. The summed E-state index contributed by atoms with van der Waals surface area (Å²) in [6, 6.07) is 32.2. The summed E-state index contributed by atoms with van der Waals surface area (Å²) in [5.41, 5.74) is 9.82. The molecule has 0 fully saturated rings. The summed E-state index contributed by atoms with van der Waals surface area (Å²) in [6.07, 6.45) is 7.06. The zero-order valence-electron chi connectivity index (χ0n) is 46.4. The first-order valence-electron chi connectivity index (χ1n) is 25.6. The zero-order valence-corrected chi connectivity index (χ0v) is 47.2. The van der Waals surface area contributed by atoms with Crippen molar-refractivity contribution >= 4 is 34.6 Å². The molecular formula is C56H94N10O6S. The fourth-order valence-corrected chi connectivity index (χ4v) is 10.6. The van der Waals surface area contributed by atoms with Crippen molar-refractivity contribution in [3.05, 3.63) is 141 Å². The van der Waals surface area contributed by atoms with Crippen molar-refractivity contribution in [3.8, 4) is 0 Å². The number of nitrogens with one attached hydrogen (secondary N) is 4. The van der Waals surface area contributed by atoms with Gasteiger partial charge < -0.3 is 34.2 Å². The van der Waals surface area contributed by atoms with Crippen molar-refractivity contribution in [2.75, 3.05) is 133 Å². The van der Waals surface area contributed by atoms with Gasteiger partial charge in [0.25, 0.3) is 0 Å². The van der Waals surface area contributed by atoms with Crippen molar-refractivity contribution < 1.29 is 27.3 Å². The molecule has 0 aliphatic rings. The number of hydrogen-bond donors (Lipinski definition) is 5. The van der Waals surface area contributed by atoms with E-state index in [-0.39, 0.29) is 13.2 Å². The lowest BCUT2D eigenvalue weighted by Crippen LogP contribution is -2.72. The van der Waals surface area contributed by atoms with Crippen molar-refractivity contribution in [2.45, 2.75) is 55.0 Å². The summed E-state index contributed by atoms with van der Waals surface area (Å²) in [4.78, 5) is 10.9. The molecule has 0 aliphatic heterocycles. The van der Waals surface area contributed by atoms with Crippen molar-refractivity contribution in [3.63, 3.8) is 0 Å². The molecule has 0 saturated heterocycles. The van der Waals surface area contributed by atoms with Crippen LogP contribution in [0.1, 0.15) is 61.1 Å². The van der Waals surface area contributed by atoms with Gasteiger partial charge in [-0.05, 0) is 90.8 Å². The summed E-state index contributed by atoms with van der Waals surface area (Å²) in [7, 11) is 1.06. The van der Waals surface area contributed by atoms with Gasteiger partial charge in [0.2, 0.25) is 0 Å². The third kappa shape index (κ3) is 22.5. The minimum Gasteiger partial charge on any atom is -0.378 e. The van der Waals surface area contributed by atoms with Crippen molar-refractivity contribution in [1.82, 2.24) is 34.2 Å². The van der Waals surface area contributed by atoms with Gasteiger partial charge in [-0.2, -0.15) is 24.2 Å². The molecule has 0 heterocycles. The number of nitrogens with two attached hydrogens (primary N) is 1. The maximum Gasteiger partial charge on any atom is 0.0959 e. The molecule has 0 saturated carbocycles. The van der Waals surface area contributed by atoms with Crippen LogP contribution in [0.2, 0.25) is 0 Å². The highest BCUT2D eigenvalue weighted by atomic mass is 32.4. The molecule has 0 aromatic heterocycles. The second kappa shape index (κ2) is 35.0. The number of hydrogen-bond acceptors (Lipinski definition) is 16. The number of hydrazine groups is 2. The first-order valence-corrected chi connectivity index (χ1v) is 28.2. The van der Waals surface area contributed by atoms with E-state index in [0.717, 1.165) is 77.5 Å². The van der Waals surface area contributed by atoms with E-state index in [1.54, 1.807) is 12.1 Å². The second-order valence-corrected chi connectivity index (χ2v) is 22.6. The smallest absolute Gasteiger partial charge is 0.0959 e. The Kier molecular flexibility index (Phi) is 31.0. The SMILES string of the molecule is C=c1cccc/c1=C\N(C)/N=C\c1ccccc1C.CCN(CC)CCOCCOCCOS(C)(NN)(NNC)(OCCOCCOCCN(CC)CC)N(C)Cc1ccccc1C.Cc1ccccc1C=N. The Bertz CT molecular complexity index is 2250. The number of benzene rings is 4. The Morgan fingerprint density at radius 1 is 0.616 bits per heavy atom. The highest BCUT2D eigenvalue weighted by Gasteiger charge is 2.54. The number of rotatable bonds is 34. The molecular weight excluding hydrogens is 941 g/mol. The van der Waals surface area contributed by atoms with E-state index in [4.69, 9.17) is 38.6 Å². The van der Waals surface area contributed by atoms with Crippen LogP contribution in [-0.2, 0) is 33.9 Å². The topological polar surface area (TPSA) is 167 Å². The normalized spacial score (nSPS) is 12.9. The minimum absolute atomic E-state index is 0.204. The summed E-state index contributed by atoms with van der Waals surface area (Å²) in [6.45, 7) is 29.5. The lowest BCUT2D eigenvalue weighted by atomic mass is 10.1. The summed E-state index contributed by atoms with van der Waals surface area (Å²) >= 11 is 0. The number of ether oxygens (including phenoxy) is 4. The van der Waals surface area contributed by atoms with Gasteiger partial charge in [0.1, 0.15) is 0 Å². The van der Waals surface area contributed by atoms with E-state index in [2.05, 4.69) is 102 Å². The zero-order chi connectivity index (χ0) is 53.9. The fraction of sp³-hybridized carbons (Fsp3) is 0.500. The van der Waals surface area contributed by atoms with E-state index in [1.165, 1.54) is 11.8 Å². The molecule has 16 nitrogen and oxygen atoms in total. The molecule has 0 radical (unpaired) electrons. The van der Waals surface area contributed by atoms with Gasteiger partial charge in [-0.15, -0.1) is 0 Å². The largest absolute Gasteiger partial charge is 0.378 e. The Morgan fingerprint density at radius 2 is 1.05 bits per heavy atom. The molecule has 4 rings (SSSR count). The van der Waals surface area contributed by atoms with Gasteiger partial charge in [0.05, 0.1) is 72.3 Å². The standard InChI is InChI=1S/C31H67N7O6S.C17H18N2.C8H9N/c1-9-37(10-2)17-19-39-21-23-41-25-27-43-45(8,34-32,35-33-6,36(7)29-31-16-14-13-15-30(31)5)44-28-26-42-24-22-40-20-18-38(11-3)12-4;1-14-8-4-6-10-16(14)12-18-19(3)13-17-11-7-5-9-15(17)2;1-7-4-2-3-5-8(7)6-9/h13-16,33-35H,9-12,17-29,32H2,1-8H3;4-13H,2H2,1,3H3;2-6,9H,1H3/b;17-13+,18-12-;. The first-order chi connectivity index (χ1) is 35.1. The number of aryl methyl sites for hydroxylation is 3. The molecule has 17 heteroatoms. The average molecular weight is 1040 g/mol. The number of likely N-dealkylation sites (N-methyl/N-ethyl adjacent to an activating group) is 2. The molecule has 4 aromatic rings. The maximum absolute atomic E-state index is 6.96. The summed E-state index contributed by atoms with van der Waals surface area (Å²) in [5.74, 6) is 6.42. The minimum atomic E-state index is -4.54. The van der Waals surface area contributed by atoms with Crippen LogP contribution in [0.5, 0.6) is 0 Å². The van der Waals surface area contributed by atoms with E-state index in [1.807, 2.05) is 117 Å². The first kappa shape index (κ1) is 64.7. The number of hydrazone groups is 1. The molecule has 0 unspecified atom stereocenters. The quantitative estimate of drug-likeness (QED) is 0.0147. The van der Waals surface area contributed by atoms with Gasteiger partial charge in [-0.1, -0.05) is 131 Å². The predicted octanol–water partition coefficient (Wildman–Crippen LogP) is 6.58. The van der Waals surface area contributed by atoms with Crippen LogP contribution in [0, 0.1) is 26.2 Å². The van der Waals surface area contributed by atoms with Crippen LogP contribution in [0.3, 0.4) is 0 Å². The van der Waals surface area contributed by atoms with E-state index in [0.29, 0.717) is 59.4 Å². The highest BCUT2D eigenvalue weighted by molar-refractivity contribution is 8.52. The lowest BCUT2D eigenvalue weighted by molar-refractivity contribution is 0.0166. The molecule has 0 spiro atoms. The van der Waals surface area contributed by atoms with E-state index < -0.39 is 9.41 Å². The molecule has 0 atom stereocenters. The molecule has 410 valence electrons. The molecule has 0 bridgehead atoms. The van der Waals surface area contributed by atoms with Crippen LogP contribution in [0.25, 0.3) is 12.8 Å². The molecule has 4 aromatic carbocycles. The van der Waals surface area contributed by atoms with Crippen molar-refractivity contribution in [1.29, 1.82) is 5.41 Å². The van der Waals surface area contributed by atoms with Gasteiger partial charge >= 0.3 is 0 Å². The average Bonchev–Trinajstić information content (AvgIpc) is 3.39. The molecule has 0 aliphatic carbocycles. The third-order valence-corrected chi connectivity index (χ3v) is 17.4.